The number of pyridine rings is 1. The highest BCUT2D eigenvalue weighted by molar-refractivity contribution is 5.92. The number of methoxy groups -OCH3 is 1. The van der Waals surface area contributed by atoms with E-state index in [0.29, 0.717) is 11.3 Å². The number of anilines is 1. The molecule has 22 heavy (non-hydrogen) atoms. The van der Waals surface area contributed by atoms with Crippen LogP contribution in [0.2, 0.25) is 0 Å². The predicted molar refractivity (Wildman–Crippen MR) is 82.6 cm³/mol. The molecule has 0 saturated heterocycles. The molecule has 1 aromatic heterocycles. The van der Waals surface area contributed by atoms with E-state index >= 15 is 0 Å². The van der Waals surface area contributed by atoms with Crippen molar-refractivity contribution in [2.75, 3.05) is 12.4 Å². The molecule has 0 fully saturated rings. The Morgan fingerprint density at radius 3 is 2.32 bits per heavy atom. The van der Waals surface area contributed by atoms with Crippen LogP contribution in [0.4, 0.5) is 10.5 Å². The van der Waals surface area contributed by atoms with Gasteiger partial charge in [0.2, 0.25) is 0 Å². The lowest BCUT2D eigenvalue weighted by Gasteiger charge is -2.15. The molecular weight excluding hydrogens is 282 g/mol. The van der Waals surface area contributed by atoms with E-state index in [1.807, 2.05) is 19.1 Å². The first-order chi connectivity index (χ1) is 10.6. The van der Waals surface area contributed by atoms with Crippen LogP contribution in [0, 0.1) is 0 Å². The molecule has 114 valence electrons. The van der Waals surface area contributed by atoms with Crippen molar-refractivity contribution in [1.82, 2.24) is 10.3 Å². The number of rotatable bonds is 4. The van der Waals surface area contributed by atoms with Crippen LogP contribution in [0.1, 0.15) is 28.9 Å². The number of benzene rings is 1. The predicted octanol–water partition coefficient (Wildman–Crippen LogP) is 2.75. The van der Waals surface area contributed by atoms with Gasteiger partial charge in [0, 0.05) is 18.1 Å². The van der Waals surface area contributed by atoms with E-state index < -0.39 is 5.97 Å². The lowest BCUT2D eigenvalue weighted by Crippen LogP contribution is -2.31. The fourth-order valence-corrected chi connectivity index (χ4v) is 1.91. The Labute approximate surface area is 128 Å². The summed E-state index contributed by atoms with van der Waals surface area (Å²) in [5.74, 6) is -0.415. The van der Waals surface area contributed by atoms with Crippen LogP contribution in [0.15, 0.2) is 48.8 Å². The molecule has 1 aromatic carbocycles. The third-order valence-corrected chi connectivity index (χ3v) is 3.12. The highest BCUT2D eigenvalue weighted by Crippen LogP contribution is 2.13. The number of nitrogens with one attached hydrogen (secondary N) is 2. The normalized spacial score (nSPS) is 11.4. The molecule has 0 aliphatic heterocycles. The maximum absolute atomic E-state index is 11.9. The SMILES string of the molecule is COC(=O)c1ccc(NC(=O)N[C@@H](C)c2ccncc2)cc1. The van der Waals surface area contributed by atoms with E-state index in [2.05, 4.69) is 20.4 Å². The number of hydrogen-bond donors (Lipinski definition) is 2. The lowest BCUT2D eigenvalue weighted by molar-refractivity contribution is 0.0601. The van der Waals surface area contributed by atoms with Crippen molar-refractivity contribution >= 4 is 17.7 Å². The van der Waals surface area contributed by atoms with Crippen LogP contribution in [-0.4, -0.2) is 24.1 Å². The van der Waals surface area contributed by atoms with Gasteiger partial charge >= 0.3 is 12.0 Å². The molecule has 0 radical (unpaired) electrons. The minimum atomic E-state index is -0.415. The zero-order valence-electron chi connectivity index (χ0n) is 12.4. The van der Waals surface area contributed by atoms with E-state index in [-0.39, 0.29) is 12.1 Å². The van der Waals surface area contributed by atoms with Crippen LogP contribution in [-0.2, 0) is 4.74 Å². The molecule has 0 spiro atoms. The summed E-state index contributed by atoms with van der Waals surface area (Å²) >= 11 is 0. The summed E-state index contributed by atoms with van der Waals surface area (Å²) in [6.45, 7) is 1.88. The van der Waals surface area contributed by atoms with Crippen molar-refractivity contribution in [1.29, 1.82) is 0 Å². The van der Waals surface area contributed by atoms with Gasteiger partial charge in [-0.2, -0.15) is 0 Å². The Kier molecular flexibility index (Phi) is 5.08. The average Bonchev–Trinajstić information content (AvgIpc) is 2.55. The molecule has 2 N–H and O–H groups in total. The lowest BCUT2D eigenvalue weighted by atomic mass is 10.1. The van der Waals surface area contributed by atoms with Crippen molar-refractivity contribution in [3.8, 4) is 0 Å². The maximum Gasteiger partial charge on any atom is 0.337 e. The number of hydrogen-bond acceptors (Lipinski definition) is 4. The summed E-state index contributed by atoms with van der Waals surface area (Å²) in [6.07, 6.45) is 3.36. The molecule has 0 unspecified atom stereocenters. The number of esters is 1. The fourth-order valence-electron chi connectivity index (χ4n) is 1.91. The largest absolute Gasteiger partial charge is 0.465 e. The molecule has 2 amide bonds. The maximum atomic E-state index is 11.9. The Balaban J connectivity index is 1.93. The van der Waals surface area contributed by atoms with Gasteiger partial charge < -0.3 is 15.4 Å². The summed E-state index contributed by atoms with van der Waals surface area (Å²) in [6, 6.07) is 9.69. The van der Waals surface area contributed by atoms with Gasteiger partial charge in [-0.3, -0.25) is 4.98 Å². The molecule has 6 nitrogen and oxygen atoms in total. The molecule has 1 atom stereocenters. The summed E-state index contributed by atoms with van der Waals surface area (Å²) < 4.78 is 4.62. The number of nitrogens with zero attached hydrogens (tertiary/aromatic N) is 1. The van der Waals surface area contributed by atoms with Crippen LogP contribution in [0.25, 0.3) is 0 Å². The number of carbonyl (C=O) groups excluding carboxylic acids is 2. The first-order valence-corrected chi connectivity index (χ1v) is 6.76. The average molecular weight is 299 g/mol. The van der Waals surface area contributed by atoms with Gasteiger partial charge in [-0.05, 0) is 48.9 Å². The van der Waals surface area contributed by atoms with Crippen molar-refractivity contribution in [2.24, 2.45) is 0 Å². The van der Waals surface area contributed by atoms with E-state index in [1.165, 1.54) is 7.11 Å². The van der Waals surface area contributed by atoms with E-state index in [1.54, 1.807) is 36.7 Å². The van der Waals surface area contributed by atoms with Crippen LogP contribution >= 0.6 is 0 Å². The Bertz CT molecular complexity index is 641. The number of ether oxygens (including phenoxy) is 1. The minimum absolute atomic E-state index is 0.141. The first kappa shape index (κ1) is 15.5. The Hall–Kier alpha value is -2.89. The van der Waals surface area contributed by atoms with Gasteiger partial charge in [-0.25, -0.2) is 9.59 Å². The Morgan fingerprint density at radius 2 is 1.73 bits per heavy atom. The zero-order valence-corrected chi connectivity index (χ0v) is 12.4. The molecule has 0 bridgehead atoms. The van der Waals surface area contributed by atoms with Crippen LogP contribution in [0.3, 0.4) is 0 Å². The molecule has 2 aromatic rings. The van der Waals surface area contributed by atoms with Gasteiger partial charge in [0.25, 0.3) is 0 Å². The highest BCUT2D eigenvalue weighted by atomic mass is 16.5. The second kappa shape index (κ2) is 7.21. The van der Waals surface area contributed by atoms with Gasteiger partial charge in [-0.15, -0.1) is 0 Å². The van der Waals surface area contributed by atoms with Crippen LogP contribution < -0.4 is 10.6 Å². The molecular formula is C16H17N3O3. The molecule has 2 rings (SSSR count). The van der Waals surface area contributed by atoms with Gasteiger partial charge in [0.1, 0.15) is 0 Å². The van der Waals surface area contributed by atoms with Crippen molar-refractivity contribution in [3.05, 3.63) is 59.9 Å². The smallest absolute Gasteiger partial charge is 0.337 e. The standard InChI is InChI=1S/C16H17N3O3/c1-11(12-7-9-17-10-8-12)18-16(21)19-14-5-3-13(4-6-14)15(20)22-2/h3-11H,1-2H3,(H2,18,19,21)/t11-/m0/s1. The third kappa shape index (κ3) is 4.05. The minimum Gasteiger partial charge on any atom is -0.465 e. The van der Waals surface area contributed by atoms with Crippen molar-refractivity contribution in [3.63, 3.8) is 0 Å². The van der Waals surface area contributed by atoms with Gasteiger partial charge in [-0.1, -0.05) is 0 Å². The molecule has 0 aliphatic carbocycles. The number of urea groups is 1. The van der Waals surface area contributed by atoms with Crippen molar-refractivity contribution < 1.29 is 14.3 Å². The summed E-state index contributed by atoms with van der Waals surface area (Å²) in [4.78, 5) is 27.2. The number of carbonyl (C=O) groups is 2. The summed E-state index contributed by atoms with van der Waals surface area (Å²) in [5.41, 5.74) is 1.98. The number of aromatic nitrogens is 1. The second-order valence-corrected chi connectivity index (χ2v) is 4.67. The highest BCUT2D eigenvalue weighted by Gasteiger charge is 2.10. The van der Waals surface area contributed by atoms with E-state index in [0.717, 1.165) is 5.56 Å². The van der Waals surface area contributed by atoms with Gasteiger partial charge in [0.05, 0.1) is 18.7 Å². The topological polar surface area (TPSA) is 80.3 Å². The summed E-state index contributed by atoms with van der Waals surface area (Å²) in [7, 11) is 1.32. The van der Waals surface area contributed by atoms with Crippen LogP contribution in [0.5, 0.6) is 0 Å². The quantitative estimate of drug-likeness (QED) is 0.851. The summed E-state index contributed by atoms with van der Waals surface area (Å²) in [5, 5.41) is 5.53. The third-order valence-electron chi connectivity index (χ3n) is 3.12. The second-order valence-electron chi connectivity index (χ2n) is 4.67. The first-order valence-electron chi connectivity index (χ1n) is 6.76. The molecule has 1 heterocycles. The van der Waals surface area contributed by atoms with Gasteiger partial charge in [0.15, 0.2) is 0 Å². The zero-order chi connectivity index (χ0) is 15.9. The van der Waals surface area contributed by atoms with Crippen molar-refractivity contribution in [2.45, 2.75) is 13.0 Å². The molecule has 0 saturated carbocycles. The molecule has 0 aliphatic rings. The Morgan fingerprint density at radius 1 is 1.09 bits per heavy atom. The molecule has 6 heteroatoms. The number of amides is 2. The van der Waals surface area contributed by atoms with E-state index in [9.17, 15) is 9.59 Å². The fraction of sp³-hybridized carbons (Fsp3) is 0.188. The monoisotopic (exact) mass is 299 g/mol. The van der Waals surface area contributed by atoms with E-state index in [4.69, 9.17) is 0 Å².